The van der Waals surface area contributed by atoms with E-state index in [0.29, 0.717) is 6.42 Å². The molecule has 19 heavy (non-hydrogen) atoms. The number of carboxylic acid groups (broad SMARTS) is 1. The zero-order chi connectivity index (χ0) is 14.0. The van der Waals surface area contributed by atoms with Gasteiger partial charge in [0, 0.05) is 12.5 Å². The minimum absolute atomic E-state index is 0.0990. The van der Waals surface area contributed by atoms with Gasteiger partial charge in [0.2, 0.25) is 0 Å². The molecule has 0 spiro atoms. The van der Waals surface area contributed by atoms with Gasteiger partial charge in [-0.05, 0) is 50.3 Å². The lowest BCUT2D eigenvalue weighted by Crippen LogP contribution is -2.32. The molecular weight excluding hydrogens is 242 g/mol. The van der Waals surface area contributed by atoms with Crippen LogP contribution in [0, 0.1) is 0 Å². The highest BCUT2D eigenvalue weighted by molar-refractivity contribution is 5.66. The van der Waals surface area contributed by atoms with Gasteiger partial charge in [-0.25, -0.2) is 0 Å². The third kappa shape index (κ3) is 3.47. The molecule has 0 saturated carbocycles. The summed E-state index contributed by atoms with van der Waals surface area (Å²) in [5, 5.41) is 8.68. The molecule has 1 aliphatic rings. The van der Waals surface area contributed by atoms with Gasteiger partial charge in [0.15, 0.2) is 0 Å². The van der Waals surface area contributed by atoms with Crippen molar-refractivity contribution in [3.63, 3.8) is 0 Å². The van der Waals surface area contributed by atoms with E-state index in [-0.39, 0.29) is 18.1 Å². The van der Waals surface area contributed by atoms with Gasteiger partial charge >= 0.3 is 5.97 Å². The number of benzene rings is 1. The maximum absolute atomic E-state index is 10.6. The lowest BCUT2D eigenvalue weighted by molar-refractivity contribution is -0.137. The number of ether oxygens (including phenoxy) is 1. The van der Waals surface area contributed by atoms with Crippen molar-refractivity contribution in [3.8, 4) is 5.75 Å². The predicted molar refractivity (Wildman–Crippen MR) is 73.3 cm³/mol. The van der Waals surface area contributed by atoms with Crippen LogP contribution < -0.4 is 10.5 Å². The molecule has 0 aliphatic carbocycles. The van der Waals surface area contributed by atoms with Crippen molar-refractivity contribution in [2.75, 3.05) is 0 Å². The second kappa shape index (κ2) is 5.21. The molecule has 0 fully saturated rings. The molecule has 0 amide bonds. The molecule has 1 aromatic rings. The van der Waals surface area contributed by atoms with Gasteiger partial charge in [0.25, 0.3) is 0 Å². The Hall–Kier alpha value is -1.55. The number of hydrogen-bond donors (Lipinski definition) is 2. The Bertz CT molecular complexity index is 482. The molecule has 0 saturated heterocycles. The third-order valence-electron chi connectivity index (χ3n) is 3.56. The molecule has 1 unspecified atom stereocenters. The van der Waals surface area contributed by atoms with E-state index in [1.54, 1.807) is 0 Å². The van der Waals surface area contributed by atoms with Crippen molar-refractivity contribution in [2.45, 2.75) is 51.2 Å². The molecule has 0 aromatic heterocycles. The molecule has 104 valence electrons. The molecule has 2 rings (SSSR count). The minimum atomic E-state index is -0.807. The summed E-state index contributed by atoms with van der Waals surface area (Å²) in [4.78, 5) is 10.6. The van der Waals surface area contributed by atoms with Crippen molar-refractivity contribution < 1.29 is 14.6 Å². The fraction of sp³-hybridized carbons (Fsp3) is 0.533. The smallest absolute Gasteiger partial charge is 0.303 e. The monoisotopic (exact) mass is 263 g/mol. The van der Waals surface area contributed by atoms with Gasteiger partial charge in [0.05, 0.1) is 0 Å². The molecule has 1 aromatic carbocycles. The Morgan fingerprint density at radius 2 is 2.26 bits per heavy atom. The maximum atomic E-state index is 10.6. The summed E-state index contributed by atoms with van der Waals surface area (Å²) >= 11 is 0. The lowest BCUT2D eigenvalue weighted by atomic mass is 9.91. The fourth-order valence-electron chi connectivity index (χ4n) is 2.35. The number of rotatable bonds is 4. The van der Waals surface area contributed by atoms with Gasteiger partial charge in [-0.3, -0.25) is 4.79 Å². The molecule has 0 radical (unpaired) electrons. The highest BCUT2D eigenvalue weighted by Crippen LogP contribution is 2.34. The van der Waals surface area contributed by atoms with E-state index in [1.165, 1.54) is 5.56 Å². The van der Waals surface area contributed by atoms with Crippen LogP contribution in [0.2, 0.25) is 0 Å². The van der Waals surface area contributed by atoms with Crippen LogP contribution in [0.3, 0.4) is 0 Å². The summed E-state index contributed by atoms with van der Waals surface area (Å²) in [5.41, 5.74) is 8.07. The minimum Gasteiger partial charge on any atom is -0.488 e. The highest BCUT2D eigenvalue weighted by Gasteiger charge is 2.26. The Morgan fingerprint density at radius 3 is 2.95 bits per heavy atom. The normalized spacial score (nSPS) is 18.3. The first-order valence-corrected chi connectivity index (χ1v) is 6.66. The molecule has 1 atom stereocenters. The fourth-order valence-corrected chi connectivity index (χ4v) is 2.35. The Kier molecular flexibility index (Phi) is 3.80. The summed E-state index contributed by atoms with van der Waals surface area (Å²) in [6.07, 6.45) is 2.51. The third-order valence-corrected chi connectivity index (χ3v) is 3.56. The predicted octanol–water partition coefficient (Wildman–Crippen LogP) is 2.65. The van der Waals surface area contributed by atoms with E-state index in [1.807, 2.05) is 12.1 Å². The molecule has 3 N–H and O–H groups in total. The number of aryl methyl sites for hydroxylation is 1. The van der Waals surface area contributed by atoms with Crippen LogP contribution in [0.25, 0.3) is 0 Å². The average Bonchev–Trinajstić information content (AvgIpc) is 2.34. The quantitative estimate of drug-likeness (QED) is 0.876. The van der Waals surface area contributed by atoms with Gasteiger partial charge < -0.3 is 15.6 Å². The zero-order valence-corrected chi connectivity index (χ0v) is 11.5. The Labute approximate surface area is 113 Å². The van der Waals surface area contributed by atoms with Gasteiger partial charge in [-0.1, -0.05) is 12.1 Å². The standard InChI is InChI=1S/C15H21NO3/c1-15(2)8-7-11-9-10(3-5-13(11)19-15)12(16)4-6-14(17)18/h3,5,9,12H,4,6-8,16H2,1-2H3,(H,17,18). The van der Waals surface area contributed by atoms with Crippen LogP contribution in [0.4, 0.5) is 0 Å². The number of carbonyl (C=O) groups is 1. The number of aliphatic carboxylic acids is 1. The van der Waals surface area contributed by atoms with E-state index < -0.39 is 5.97 Å². The Balaban J connectivity index is 2.11. The second-order valence-electron chi connectivity index (χ2n) is 5.77. The first kappa shape index (κ1) is 13.9. The van der Waals surface area contributed by atoms with Crippen LogP contribution >= 0.6 is 0 Å². The topological polar surface area (TPSA) is 72.6 Å². The van der Waals surface area contributed by atoms with E-state index in [0.717, 1.165) is 24.2 Å². The van der Waals surface area contributed by atoms with Gasteiger partial charge in [-0.15, -0.1) is 0 Å². The van der Waals surface area contributed by atoms with E-state index >= 15 is 0 Å². The summed E-state index contributed by atoms with van der Waals surface area (Å²) < 4.78 is 5.92. The van der Waals surface area contributed by atoms with Crippen LogP contribution in [0.5, 0.6) is 5.75 Å². The van der Waals surface area contributed by atoms with Crippen LogP contribution in [-0.2, 0) is 11.2 Å². The molecule has 0 bridgehead atoms. The first-order valence-electron chi connectivity index (χ1n) is 6.66. The number of fused-ring (bicyclic) bond motifs is 1. The molecule has 4 heteroatoms. The van der Waals surface area contributed by atoms with Crippen molar-refractivity contribution in [1.29, 1.82) is 0 Å². The van der Waals surface area contributed by atoms with Gasteiger partial charge in [-0.2, -0.15) is 0 Å². The van der Waals surface area contributed by atoms with Crippen molar-refractivity contribution in [1.82, 2.24) is 0 Å². The number of hydrogen-bond acceptors (Lipinski definition) is 3. The van der Waals surface area contributed by atoms with Crippen molar-refractivity contribution >= 4 is 5.97 Å². The average molecular weight is 263 g/mol. The maximum Gasteiger partial charge on any atom is 0.303 e. The number of nitrogens with two attached hydrogens (primary N) is 1. The summed E-state index contributed by atoms with van der Waals surface area (Å²) in [6.45, 7) is 4.17. The van der Waals surface area contributed by atoms with Crippen LogP contribution in [0.15, 0.2) is 18.2 Å². The molecule has 1 aliphatic heterocycles. The number of carboxylic acids is 1. The Morgan fingerprint density at radius 1 is 1.53 bits per heavy atom. The van der Waals surface area contributed by atoms with E-state index in [2.05, 4.69) is 19.9 Å². The van der Waals surface area contributed by atoms with E-state index in [9.17, 15) is 4.79 Å². The molecule has 4 nitrogen and oxygen atoms in total. The van der Waals surface area contributed by atoms with Gasteiger partial charge in [0.1, 0.15) is 11.4 Å². The highest BCUT2D eigenvalue weighted by atomic mass is 16.5. The van der Waals surface area contributed by atoms with Crippen LogP contribution in [0.1, 0.15) is 50.3 Å². The van der Waals surface area contributed by atoms with Crippen molar-refractivity contribution in [2.24, 2.45) is 5.73 Å². The molecular formula is C15H21NO3. The van der Waals surface area contributed by atoms with Crippen molar-refractivity contribution in [3.05, 3.63) is 29.3 Å². The second-order valence-corrected chi connectivity index (χ2v) is 5.77. The summed E-state index contributed by atoms with van der Waals surface area (Å²) in [7, 11) is 0. The van der Waals surface area contributed by atoms with E-state index in [4.69, 9.17) is 15.6 Å². The molecule has 1 heterocycles. The lowest BCUT2D eigenvalue weighted by Gasteiger charge is -2.33. The SMILES string of the molecule is CC1(C)CCc2cc(C(N)CCC(=O)O)ccc2O1. The zero-order valence-electron chi connectivity index (χ0n) is 11.5. The largest absolute Gasteiger partial charge is 0.488 e. The van der Waals surface area contributed by atoms with Crippen LogP contribution in [-0.4, -0.2) is 16.7 Å². The summed E-state index contributed by atoms with van der Waals surface area (Å²) in [5.74, 6) is 0.115. The summed E-state index contributed by atoms with van der Waals surface area (Å²) in [6, 6.07) is 5.71. The first-order chi connectivity index (χ1) is 8.87.